The van der Waals surface area contributed by atoms with Crippen molar-refractivity contribution in [1.29, 1.82) is 0 Å². The van der Waals surface area contributed by atoms with Crippen LogP contribution in [0.15, 0.2) is 48.5 Å². The molecule has 3 N–H and O–H groups in total. The molecule has 9 nitrogen and oxygen atoms in total. The van der Waals surface area contributed by atoms with Crippen LogP contribution in [-0.4, -0.2) is 71.5 Å². The number of piperidine rings is 1. The van der Waals surface area contributed by atoms with E-state index in [4.69, 9.17) is 34.3 Å². The topological polar surface area (TPSA) is 108 Å². The number of thiocarbonyl (C=S) groups is 1. The van der Waals surface area contributed by atoms with Crippen molar-refractivity contribution >= 4 is 58.0 Å². The smallest absolute Gasteiger partial charge is 0.256 e. The molecule has 2 aliphatic rings. The molecule has 0 bridgehead atoms. The van der Waals surface area contributed by atoms with Gasteiger partial charge in [-0.3, -0.25) is 19.3 Å². The summed E-state index contributed by atoms with van der Waals surface area (Å²) in [7, 11) is 0. The zero-order valence-electron chi connectivity index (χ0n) is 22.7. The van der Waals surface area contributed by atoms with Crippen molar-refractivity contribution in [2.75, 3.05) is 43.0 Å². The van der Waals surface area contributed by atoms with Crippen LogP contribution in [0.1, 0.15) is 39.0 Å². The number of ether oxygens (including phenoxy) is 1. The van der Waals surface area contributed by atoms with Gasteiger partial charge >= 0.3 is 0 Å². The second-order valence-electron chi connectivity index (χ2n) is 10.1. The van der Waals surface area contributed by atoms with Crippen LogP contribution in [0.3, 0.4) is 0 Å². The molecular formula is C29H36ClN5O4S. The van der Waals surface area contributed by atoms with Crippen LogP contribution in [0.2, 0.25) is 5.02 Å². The molecule has 0 radical (unpaired) electrons. The maximum Gasteiger partial charge on any atom is 0.256 e. The molecule has 2 aromatic carbocycles. The lowest BCUT2D eigenvalue weighted by molar-refractivity contribution is -0.124. The Morgan fingerprint density at radius 2 is 1.85 bits per heavy atom. The minimum absolute atomic E-state index is 0.0475. The quantitative estimate of drug-likeness (QED) is 0.362. The van der Waals surface area contributed by atoms with Crippen molar-refractivity contribution in [1.82, 2.24) is 9.80 Å². The first-order valence-electron chi connectivity index (χ1n) is 13.7. The summed E-state index contributed by atoms with van der Waals surface area (Å²) in [4.78, 5) is 43.8. The molecule has 2 fully saturated rings. The fraction of sp³-hybridized carbons (Fsp3) is 0.448. The number of hydrogen-bond donors (Lipinski definition) is 2. The van der Waals surface area contributed by atoms with Crippen LogP contribution in [0.25, 0.3) is 0 Å². The number of hydrogen-bond acceptors (Lipinski definition) is 6. The Labute approximate surface area is 245 Å². The maximum atomic E-state index is 13.6. The Bertz CT molecular complexity index is 1220. The number of anilines is 2. The predicted octanol–water partition coefficient (Wildman–Crippen LogP) is 4.05. The summed E-state index contributed by atoms with van der Waals surface area (Å²) in [5.74, 6) is -0.0981. The number of rotatable bonds is 12. The Morgan fingerprint density at radius 3 is 2.50 bits per heavy atom. The fourth-order valence-corrected chi connectivity index (χ4v) is 5.69. The number of nitrogens with two attached hydrogens (primary N) is 1. The second kappa shape index (κ2) is 13.9. The summed E-state index contributed by atoms with van der Waals surface area (Å²) in [5, 5.41) is 3.74. The number of carbonyl (C=O) groups excluding carboxylic acids is 3. The summed E-state index contributed by atoms with van der Waals surface area (Å²) in [6.45, 7) is 5.58. The number of carbonyl (C=O) groups is 3. The number of amides is 3. The highest BCUT2D eigenvalue weighted by atomic mass is 35.5. The van der Waals surface area contributed by atoms with E-state index in [2.05, 4.69) is 10.2 Å². The lowest BCUT2D eigenvalue weighted by Crippen LogP contribution is -2.41. The third-order valence-electron chi connectivity index (χ3n) is 7.24. The monoisotopic (exact) mass is 585 g/mol. The maximum absolute atomic E-state index is 13.6. The fourth-order valence-electron chi connectivity index (χ4n) is 5.09. The molecule has 0 spiro atoms. The first-order valence-corrected chi connectivity index (χ1v) is 14.5. The Hall–Kier alpha value is -3.21. The molecule has 11 heteroatoms. The standard InChI is InChI=1S/C29H36ClN5O4S/c1-2-17-39-24-9-7-22(8-10-24)32-26(36)19-25-28(38)35(23-6-3-5-21(30)18-23)29(40)34(25)14-4-13-33-15-11-20(12-16-33)27(31)37/h3,5-10,18,20,25H,2,4,11-17,19H2,1H3,(H2,31,37)(H,32,36). The van der Waals surface area contributed by atoms with E-state index in [0.717, 1.165) is 51.1 Å². The Morgan fingerprint density at radius 1 is 1.12 bits per heavy atom. The number of primary amides is 1. The van der Waals surface area contributed by atoms with E-state index in [1.165, 1.54) is 4.90 Å². The summed E-state index contributed by atoms with van der Waals surface area (Å²) in [5.41, 5.74) is 6.66. The zero-order valence-corrected chi connectivity index (χ0v) is 24.3. The van der Waals surface area contributed by atoms with Gasteiger partial charge in [-0.25, -0.2) is 0 Å². The molecule has 2 heterocycles. The molecule has 4 rings (SSSR count). The van der Waals surface area contributed by atoms with Gasteiger partial charge in [0, 0.05) is 23.2 Å². The van der Waals surface area contributed by atoms with E-state index in [0.29, 0.717) is 34.7 Å². The molecule has 214 valence electrons. The molecule has 2 aliphatic heterocycles. The van der Waals surface area contributed by atoms with Crippen molar-refractivity contribution in [3.05, 3.63) is 53.6 Å². The number of benzene rings is 2. The SMILES string of the molecule is CCCOc1ccc(NC(=O)CC2C(=O)N(c3cccc(Cl)c3)C(=S)N2CCCN2CCC(C(N)=O)CC2)cc1. The number of likely N-dealkylation sites (tertiary alicyclic amines) is 1. The largest absolute Gasteiger partial charge is 0.494 e. The van der Waals surface area contributed by atoms with Gasteiger partial charge in [-0.1, -0.05) is 24.6 Å². The molecular weight excluding hydrogens is 550 g/mol. The highest BCUT2D eigenvalue weighted by Gasteiger charge is 2.44. The zero-order chi connectivity index (χ0) is 28.6. The summed E-state index contributed by atoms with van der Waals surface area (Å²) >= 11 is 12.0. The first-order chi connectivity index (χ1) is 19.3. The van der Waals surface area contributed by atoms with E-state index < -0.39 is 6.04 Å². The molecule has 40 heavy (non-hydrogen) atoms. The molecule has 0 aromatic heterocycles. The molecule has 0 aliphatic carbocycles. The van der Waals surface area contributed by atoms with Crippen molar-refractivity contribution in [2.45, 2.75) is 45.1 Å². The van der Waals surface area contributed by atoms with Crippen LogP contribution in [0.5, 0.6) is 5.75 Å². The molecule has 1 atom stereocenters. The van der Waals surface area contributed by atoms with E-state index >= 15 is 0 Å². The van der Waals surface area contributed by atoms with E-state index in [1.54, 1.807) is 48.5 Å². The third-order valence-corrected chi connectivity index (χ3v) is 7.89. The number of halogens is 1. The van der Waals surface area contributed by atoms with Crippen LogP contribution in [-0.2, 0) is 14.4 Å². The highest BCUT2D eigenvalue weighted by molar-refractivity contribution is 7.80. The molecule has 2 aromatic rings. The molecule has 1 unspecified atom stereocenters. The van der Waals surface area contributed by atoms with Crippen LogP contribution in [0, 0.1) is 5.92 Å². The Balaban J connectivity index is 1.42. The van der Waals surface area contributed by atoms with Gasteiger partial charge in [-0.15, -0.1) is 0 Å². The lowest BCUT2D eigenvalue weighted by atomic mass is 9.96. The van der Waals surface area contributed by atoms with E-state index in [1.807, 2.05) is 11.8 Å². The summed E-state index contributed by atoms with van der Waals surface area (Å²) in [6.07, 6.45) is 3.12. The predicted molar refractivity (Wildman–Crippen MR) is 160 cm³/mol. The molecule has 0 saturated carbocycles. The summed E-state index contributed by atoms with van der Waals surface area (Å²) < 4.78 is 5.60. The normalized spacial score (nSPS) is 18.3. The van der Waals surface area contributed by atoms with Crippen LogP contribution >= 0.6 is 23.8 Å². The van der Waals surface area contributed by atoms with Gasteiger partial charge in [0.2, 0.25) is 11.8 Å². The molecule has 3 amide bonds. The molecule has 2 saturated heterocycles. The first kappa shape index (κ1) is 29.8. The van der Waals surface area contributed by atoms with Gasteiger partial charge < -0.3 is 25.6 Å². The minimum Gasteiger partial charge on any atom is -0.494 e. The second-order valence-corrected chi connectivity index (χ2v) is 10.9. The van der Waals surface area contributed by atoms with Gasteiger partial charge in [0.05, 0.1) is 18.7 Å². The minimum atomic E-state index is -0.737. The third kappa shape index (κ3) is 7.50. The van der Waals surface area contributed by atoms with Gasteiger partial charge in [-0.05, 0) is 100.0 Å². The van der Waals surface area contributed by atoms with Crippen LogP contribution in [0.4, 0.5) is 11.4 Å². The van der Waals surface area contributed by atoms with E-state index in [9.17, 15) is 14.4 Å². The van der Waals surface area contributed by atoms with Crippen molar-refractivity contribution in [2.24, 2.45) is 11.7 Å². The lowest BCUT2D eigenvalue weighted by Gasteiger charge is -2.31. The number of nitrogens with zero attached hydrogens (tertiary/aromatic N) is 3. The highest BCUT2D eigenvalue weighted by Crippen LogP contribution is 2.29. The van der Waals surface area contributed by atoms with Gasteiger partial charge in [0.1, 0.15) is 11.8 Å². The Kier molecular flexibility index (Phi) is 10.4. The van der Waals surface area contributed by atoms with Crippen molar-refractivity contribution < 1.29 is 19.1 Å². The van der Waals surface area contributed by atoms with Crippen molar-refractivity contribution in [3.8, 4) is 5.75 Å². The van der Waals surface area contributed by atoms with E-state index in [-0.39, 0.29) is 30.1 Å². The summed E-state index contributed by atoms with van der Waals surface area (Å²) in [6, 6.07) is 13.4. The van der Waals surface area contributed by atoms with Gasteiger partial charge in [0.25, 0.3) is 5.91 Å². The number of nitrogens with one attached hydrogen (secondary N) is 1. The van der Waals surface area contributed by atoms with Gasteiger partial charge in [0.15, 0.2) is 5.11 Å². The van der Waals surface area contributed by atoms with Gasteiger partial charge in [-0.2, -0.15) is 0 Å². The van der Waals surface area contributed by atoms with Crippen LogP contribution < -0.4 is 20.7 Å². The van der Waals surface area contributed by atoms with Crippen molar-refractivity contribution in [3.63, 3.8) is 0 Å². The average molecular weight is 586 g/mol. The average Bonchev–Trinajstić information content (AvgIpc) is 3.16.